The zero-order valence-corrected chi connectivity index (χ0v) is 13.8. The number of nitrogens with one attached hydrogen (secondary N) is 3. The third-order valence-corrected chi connectivity index (χ3v) is 3.65. The lowest BCUT2D eigenvalue weighted by molar-refractivity contribution is -0.145. The Hall–Kier alpha value is -3.31. The van der Waals surface area contributed by atoms with Crippen LogP contribution < -0.4 is 10.6 Å². The minimum atomic E-state index is -4.63. The lowest BCUT2D eigenvalue weighted by Crippen LogP contribution is -2.41. The molecule has 0 aliphatic heterocycles. The Morgan fingerprint density at radius 2 is 2.07 bits per heavy atom. The Balaban J connectivity index is 1.96. The fourth-order valence-electron chi connectivity index (χ4n) is 2.42. The van der Waals surface area contributed by atoms with Crippen molar-refractivity contribution < 1.29 is 22.4 Å². The van der Waals surface area contributed by atoms with Gasteiger partial charge in [0.05, 0.1) is 12.6 Å². The van der Waals surface area contributed by atoms with Crippen LogP contribution in [-0.2, 0) is 4.79 Å². The van der Waals surface area contributed by atoms with E-state index in [4.69, 9.17) is 0 Å². The molecule has 0 spiro atoms. The first kappa shape index (κ1) is 18.5. The molecule has 1 amide bonds. The molecule has 3 heterocycles. The van der Waals surface area contributed by atoms with Crippen molar-refractivity contribution in [3.8, 4) is 11.4 Å². The summed E-state index contributed by atoms with van der Waals surface area (Å²) in [5.41, 5.74) is 0.920. The second kappa shape index (κ2) is 7.13. The standard InChI is InChI=1S/C15H13F4N7O/c1-20-14(27)10(2-15(17,18)19)25-13-9(16)5-23-12(26-13)8-4-22-11-7(8)3-21-6-24-11/h3-6,10H,2H2,1H3,(H,20,27)(H,21,22,24)(H,23,25,26). The van der Waals surface area contributed by atoms with Crippen molar-refractivity contribution in [3.63, 3.8) is 0 Å². The molecular weight excluding hydrogens is 370 g/mol. The van der Waals surface area contributed by atoms with Crippen LogP contribution in [0.25, 0.3) is 22.4 Å². The first-order chi connectivity index (χ1) is 12.8. The third kappa shape index (κ3) is 4.10. The molecule has 0 radical (unpaired) electrons. The number of aromatic amines is 1. The van der Waals surface area contributed by atoms with E-state index in [0.717, 1.165) is 6.20 Å². The number of rotatable bonds is 5. The highest BCUT2D eigenvalue weighted by molar-refractivity contribution is 5.91. The summed E-state index contributed by atoms with van der Waals surface area (Å²) in [7, 11) is 1.18. The molecule has 3 N–H and O–H groups in total. The minimum absolute atomic E-state index is 0.0302. The monoisotopic (exact) mass is 383 g/mol. The summed E-state index contributed by atoms with van der Waals surface area (Å²) in [6.07, 6.45) is -0.988. The maximum absolute atomic E-state index is 14.1. The minimum Gasteiger partial charge on any atom is -0.357 e. The SMILES string of the molecule is CNC(=O)C(CC(F)(F)F)Nc1nc(-c2c[nH]c3ncncc23)ncc1F. The smallest absolute Gasteiger partial charge is 0.357 e. The molecule has 0 fully saturated rings. The van der Waals surface area contributed by atoms with Crippen LogP contribution in [0.2, 0.25) is 0 Å². The van der Waals surface area contributed by atoms with E-state index in [1.807, 2.05) is 0 Å². The number of carbonyl (C=O) groups is 1. The van der Waals surface area contributed by atoms with Crippen LogP contribution in [0.1, 0.15) is 6.42 Å². The van der Waals surface area contributed by atoms with Gasteiger partial charge in [-0.3, -0.25) is 4.79 Å². The normalized spacial score (nSPS) is 12.8. The molecule has 0 saturated heterocycles. The summed E-state index contributed by atoms with van der Waals surface area (Å²) < 4.78 is 52.2. The van der Waals surface area contributed by atoms with Crippen molar-refractivity contribution in [3.05, 3.63) is 30.7 Å². The van der Waals surface area contributed by atoms with E-state index in [0.29, 0.717) is 16.6 Å². The first-order valence-electron chi connectivity index (χ1n) is 7.63. The van der Waals surface area contributed by atoms with Crippen molar-refractivity contribution in [1.29, 1.82) is 0 Å². The van der Waals surface area contributed by atoms with Crippen LogP contribution in [0, 0.1) is 5.82 Å². The number of anilines is 1. The lowest BCUT2D eigenvalue weighted by atomic mass is 10.2. The van der Waals surface area contributed by atoms with Crippen molar-refractivity contribution in [2.24, 2.45) is 0 Å². The van der Waals surface area contributed by atoms with Crippen LogP contribution >= 0.6 is 0 Å². The Bertz CT molecular complexity index is 972. The number of fused-ring (bicyclic) bond motifs is 1. The quantitative estimate of drug-likeness (QED) is 0.582. The Kier molecular flexibility index (Phi) is 4.88. The lowest BCUT2D eigenvalue weighted by Gasteiger charge is -2.19. The van der Waals surface area contributed by atoms with Crippen LogP contribution in [-0.4, -0.2) is 50.1 Å². The van der Waals surface area contributed by atoms with E-state index < -0.39 is 36.2 Å². The molecule has 0 aliphatic carbocycles. The molecule has 1 unspecified atom stereocenters. The molecule has 0 bridgehead atoms. The maximum Gasteiger partial charge on any atom is 0.391 e. The van der Waals surface area contributed by atoms with Gasteiger partial charge in [0.15, 0.2) is 17.5 Å². The molecule has 3 aromatic heterocycles. The van der Waals surface area contributed by atoms with Gasteiger partial charge < -0.3 is 15.6 Å². The summed E-state index contributed by atoms with van der Waals surface area (Å²) in [6, 6.07) is -1.75. The Morgan fingerprint density at radius 3 is 2.78 bits per heavy atom. The molecule has 0 saturated carbocycles. The topological polar surface area (TPSA) is 108 Å². The Morgan fingerprint density at radius 1 is 1.30 bits per heavy atom. The highest BCUT2D eigenvalue weighted by Gasteiger charge is 2.35. The summed E-state index contributed by atoms with van der Waals surface area (Å²) in [5, 5.41) is 4.86. The van der Waals surface area contributed by atoms with Gasteiger partial charge in [0.2, 0.25) is 5.91 Å². The maximum atomic E-state index is 14.1. The van der Waals surface area contributed by atoms with Gasteiger partial charge in [0.25, 0.3) is 0 Å². The summed E-state index contributed by atoms with van der Waals surface area (Å²) in [6.45, 7) is 0. The molecule has 3 rings (SSSR count). The molecule has 27 heavy (non-hydrogen) atoms. The average molecular weight is 383 g/mol. The number of carbonyl (C=O) groups excluding carboxylic acids is 1. The largest absolute Gasteiger partial charge is 0.391 e. The van der Waals surface area contributed by atoms with E-state index in [-0.39, 0.29) is 5.82 Å². The number of aromatic nitrogens is 5. The number of amides is 1. The molecule has 0 aromatic carbocycles. The van der Waals surface area contributed by atoms with Crippen molar-refractivity contribution in [2.45, 2.75) is 18.6 Å². The number of nitrogens with zero attached hydrogens (tertiary/aromatic N) is 4. The summed E-state index contributed by atoms with van der Waals surface area (Å²) >= 11 is 0. The highest BCUT2D eigenvalue weighted by Crippen LogP contribution is 2.27. The van der Waals surface area contributed by atoms with Gasteiger partial charge in [-0.1, -0.05) is 0 Å². The van der Waals surface area contributed by atoms with Gasteiger partial charge in [-0.05, 0) is 0 Å². The van der Waals surface area contributed by atoms with E-state index in [2.05, 4.69) is 35.6 Å². The van der Waals surface area contributed by atoms with Gasteiger partial charge in [-0.15, -0.1) is 0 Å². The van der Waals surface area contributed by atoms with Gasteiger partial charge in [0, 0.05) is 30.4 Å². The second-order valence-electron chi connectivity index (χ2n) is 5.51. The van der Waals surface area contributed by atoms with Crippen LogP contribution in [0.15, 0.2) is 24.9 Å². The van der Waals surface area contributed by atoms with Gasteiger partial charge in [-0.25, -0.2) is 24.3 Å². The van der Waals surface area contributed by atoms with Gasteiger partial charge >= 0.3 is 6.18 Å². The zero-order valence-electron chi connectivity index (χ0n) is 13.8. The average Bonchev–Trinajstić information content (AvgIpc) is 3.05. The van der Waals surface area contributed by atoms with E-state index in [1.54, 1.807) is 0 Å². The van der Waals surface area contributed by atoms with Crippen LogP contribution in [0.3, 0.4) is 0 Å². The van der Waals surface area contributed by atoms with Crippen LogP contribution in [0.4, 0.5) is 23.4 Å². The zero-order chi connectivity index (χ0) is 19.6. The molecule has 1 atom stereocenters. The number of halogens is 4. The molecular formula is C15H13F4N7O. The number of likely N-dealkylation sites (N-methyl/N-ethyl adjacent to an activating group) is 1. The Labute approximate surface area is 149 Å². The number of hydrogen-bond acceptors (Lipinski definition) is 6. The molecule has 12 heteroatoms. The van der Waals surface area contributed by atoms with Crippen molar-refractivity contribution in [2.75, 3.05) is 12.4 Å². The number of alkyl halides is 3. The predicted molar refractivity (Wildman–Crippen MR) is 87.0 cm³/mol. The molecule has 0 aliphatic rings. The van der Waals surface area contributed by atoms with Gasteiger partial charge in [-0.2, -0.15) is 13.2 Å². The van der Waals surface area contributed by atoms with E-state index in [9.17, 15) is 22.4 Å². The molecule has 8 nitrogen and oxygen atoms in total. The van der Waals surface area contributed by atoms with Gasteiger partial charge in [0.1, 0.15) is 18.0 Å². The van der Waals surface area contributed by atoms with Crippen molar-refractivity contribution >= 4 is 22.8 Å². The third-order valence-electron chi connectivity index (χ3n) is 3.65. The predicted octanol–water partition coefficient (Wildman–Crippen LogP) is 2.03. The van der Waals surface area contributed by atoms with E-state index >= 15 is 0 Å². The first-order valence-corrected chi connectivity index (χ1v) is 7.63. The molecule has 142 valence electrons. The van der Waals surface area contributed by atoms with E-state index in [1.165, 1.54) is 25.8 Å². The van der Waals surface area contributed by atoms with Crippen molar-refractivity contribution in [1.82, 2.24) is 30.2 Å². The summed E-state index contributed by atoms with van der Waals surface area (Å²) in [5.74, 6) is -2.44. The summed E-state index contributed by atoms with van der Waals surface area (Å²) in [4.78, 5) is 30.3. The molecule has 3 aromatic rings. The number of H-pyrrole nitrogens is 1. The highest BCUT2D eigenvalue weighted by atomic mass is 19.4. The number of hydrogen-bond donors (Lipinski definition) is 3. The second-order valence-corrected chi connectivity index (χ2v) is 5.51. The fourth-order valence-corrected chi connectivity index (χ4v) is 2.42. The fraction of sp³-hybridized carbons (Fsp3) is 0.267. The van der Waals surface area contributed by atoms with Crippen LogP contribution in [0.5, 0.6) is 0 Å².